The van der Waals surface area contributed by atoms with Gasteiger partial charge >= 0.3 is 0 Å². The van der Waals surface area contributed by atoms with E-state index < -0.39 is 0 Å². The summed E-state index contributed by atoms with van der Waals surface area (Å²) < 4.78 is 0. The van der Waals surface area contributed by atoms with Gasteiger partial charge in [0.05, 0.1) is 5.52 Å². The standard InChI is InChI=1S/C23H30N6/c1-29(2)22-20-5-3-4-6-21(20)27-23(28-22)26-19-13-11-18(12-14-19)25-15-16-7-9-17(24)10-8-16/h3-10,18-19,25H,11-15,24H2,1-2H3,(H,26,27,28). The summed E-state index contributed by atoms with van der Waals surface area (Å²) in [6, 6.07) is 17.3. The third-order valence-electron chi connectivity index (χ3n) is 5.64. The smallest absolute Gasteiger partial charge is 0.225 e. The van der Waals surface area contributed by atoms with Crippen LogP contribution in [-0.4, -0.2) is 36.1 Å². The highest BCUT2D eigenvalue weighted by atomic mass is 15.2. The first-order valence-electron chi connectivity index (χ1n) is 10.4. The van der Waals surface area contributed by atoms with Crippen molar-refractivity contribution >= 4 is 28.4 Å². The van der Waals surface area contributed by atoms with Crippen LogP contribution >= 0.6 is 0 Å². The molecule has 0 bridgehead atoms. The van der Waals surface area contributed by atoms with Gasteiger partial charge in [-0.15, -0.1) is 0 Å². The fourth-order valence-electron chi connectivity index (χ4n) is 3.99. The minimum absolute atomic E-state index is 0.417. The molecule has 0 atom stereocenters. The lowest BCUT2D eigenvalue weighted by molar-refractivity contribution is 0.352. The monoisotopic (exact) mass is 390 g/mol. The molecule has 0 unspecified atom stereocenters. The van der Waals surface area contributed by atoms with Gasteiger partial charge in [-0.25, -0.2) is 4.98 Å². The Morgan fingerprint density at radius 1 is 0.931 bits per heavy atom. The highest BCUT2D eigenvalue weighted by molar-refractivity contribution is 5.90. The molecule has 6 heteroatoms. The van der Waals surface area contributed by atoms with Crippen molar-refractivity contribution in [3.63, 3.8) is 0 Å². The van der Waals surface area contributed by atoms with Crippen molar-refractivity contribution in [2.24, 2.45) is 0 Å². The van der Waals surface area contributed by atoms with E-state index in [1.807, 2.05) is 49.3 Å². The van der Waals surface area contributed by atoms with E-state index in [0.29, 0.717) is 12.1 Å². The van der Waals surface area contributed by atoms with Crippen LogP contribution < -0.4 is 21.3 Å². The van der Waals surface area contributed by atoms with Crippen LogP contribution in [0.25, 0.3) is 10.9 Å². The number of benzene rings is 2. The maximum Gasteiger partial charge on any atom is 0.225 e. The van der Waals surface area contributed by atoms with Crippen LogP contribution in [0.1, 0.15) is 31.2 Å². The van der Waals surface area contributed by atoms with Crippen molar-refractivity contribution in [2.45, 2.75) is 44.3 Å². The lowest BCUT2D eigenvalue weighted by Crippen LogP contribution is -2.37. The van der Waals surface area contributed by atoms with Gasteiger partial charge in [0.2, 0.25) is 5.95 Å². The molecule has 3 aromatic rings. The number of aromatic nitrogens is 2. The van der Waals surface area contributed by atoms with Crippen LogP contribution in [0.2, 0.25) is 0 Å². The lowest BCUT2D eigenvalue weighted by atomic mass is 9.91. The molecule has 1 fully saturated rings. The summed E-state index contributed by atoms with van der Waals surface area (Å²) in [6.07, 6.45) is 4.54. The van der Waals surface area contributed by atoms with Gasteiger partial charge in [-0.3, -0.25) is 0 Å². The summed E-state index contributed by atoms with van der Waals surface area (Å²) in [7, 11) is 4.05. The number of nitrogens with two attached hydrogens (primary N) is 1. The van der Waals surface area contributed by atoms with Crippen molar-refractivity contribution < 1.29 is 0 Å². The maximum atomic E-state index is 5.76. The third-order valence-corrected chi connectivity index (χ3v) is 5.64. The molecule has 0 saturated heterocycles. The largest absolute Gasteiger partial charge is 0.399 e. The Bertz CT molecular complexity index is 945. The van der Waals surface area contributed by atoms with Crippen LogP contribution in [0, 0.1) is 0 Å². The summed E-state index contributed by atoms with van der Waals surface area (Å²) in [5.74, 6) is 1.68. The lowest BCUT2D eigenvalue weighted by Gasteiger charge is -2.30. The Hall–Kier alpha value is -2.86. The molecule has 1 aliphatic rings. The molecule has 0 radical (unpaired) electrons. The SMILES string of the molecule is CN(C)c1nc(NC2CCC(NCc3ccc(N)cc3)CC2)nc2ccccc12. The Labute approximate surface area is 172 Å². The van der Waals surface area contributed by atoms with Gasteiger partial charge in [-0.05, 0) is 55.5 Å². The van der Waals surface area contributed by atoms with Gasteiger partial charge in [-0.1, -0.05) is 24.3 Å². The molecule has 6 nitrogen and oxygen atoms in total. The number of para-hydroxylation sites is 1. The van der Waals surface area contributed by atoms with E-state index in [9.17, 15) is 0 Å². The van der Waals surface area contributed by atoms with E-state index in [1.54, 1.807) is 0 Å². The average molecular weight is 391 g/mol. The highest BCUT2D eigenvalue weighted by Crippen LogP contribution is 2.26. The van der Waals surface area contributed by atoms with Crippen LogP contribution in [-0.2, 0) is 6.54 Å². The van der Waals surface area contributed by atoms with Gasteiger partial charge in [0.25, 0.3) is 0 Å². The normalized spacial score (nSPS) is 19.2. The van der Waals surface area contributed by atoms with Crippen LogP contribution in [0.5, 0.6) is 0 Å². The zero-order valence-electron chi connectivity index (χ0n) is 17.2. The van der Waals surface area contributed by atoms with E-state index in [0.717, 1.165) is 60.6 Å². The van der Waals surface area contributed by atoms with Crippen molar-refractivity contribution in [1.29, 1.82) is 0 Å². The topological polar surface area (TPSA) is 79.1 Å². The fourth-order valence-corrected chi connectivity index (χ4v) is 3.99. The quantitative estimate of drug-likeness (QED) is 0.556. The van der Waals surface area contributed by atoms with E-state index in [2.05, 4.69) is 28.8 Å². The predicted octanol–water partition coefficient (Wildman–Crippen LogP) is 3.79. The summed E-state index contributed by atoms with van der Waals surface area (Å²) in [5, 5.41) is 8.34. The second kappa shape index (κ2) is 8.66. The molecule has 0 aliphatic heterocycles. The predicted molar refractivity (Wildman–Crippen MR) is 121 cm³/mol. The zero-order chi connectivity index (χ0) is 20.2. The van der Waals surface area contributed by atoms with Gasteiger partial charge < -0.3 is 21.3 Å². The molecule has 4 N–H and O–H groups in total. The Balaban J connectivity index is 1.34. The second-order valence-corrected chi connectivity index (χ2v) is 8.10. The zero-order valence-corrected chi connectivity index (χ0v) is 17.2. The van der Waals surface area contributed by atoms with Crippen molar-refractivity contribution in [2.75, 3.05) is 30.0 Å². The van der Waals surface area contributed by atoms with E-state index >= 15 is 0 Å². The molecule has 1 aliphatic carbocycles. The second-order valence-electron chi connectivity index (χ2n) is 8.10. The molecule has 0 spiro atoms. The number of rotatable bonds is 6. The average Bonchev–Trinajstić information content (AvgIpc) is 2.74. The van der Waals surface area contributed by atoms with Crippen LogP contribution in [0.15, 0.2) is 48.5 Å². The molecule has 0 amide bonds. The summed E-state index contributed by atoms with van der Waals surface area (Å²) in [4.78, 5) is 11.6. The molecule has 152 valence electrons. The summed E-state index contributed by atoms with van der Waals surface area (Å²) in [6.45, 7) is 0.892. The number of anilines is 3. The first-order valence-corrected chi connectivity index (χ1v) is 10.4. The number of nitrogen functional groups attached to an aromatic ring is 1. The van der Waals surface area contributed by atoms with Gasteiger partial charge in [0.1, 0.15) is 5.82 Å². The molecule has 1 heterocycles. The maximum absolute atomic E-state index is 5.76. The Kier molecular flexibility index (Phi) is 5.81. The summed E-state index contributed by atoms with van der Waals surface area (Å²) in [5.41, 5.74) is 8.83. The Morgan fingerprint density at radius 3 is 2.34 bits per heavy atom. The van der Waals surface area contributed by atoms with Crippen LogP contribution in [0.4, 0.5) is 17.5 Å². The van der Waals surface area contributed by atoms with Crippen molar-refractivity contribution in [3.8, 4) is 0 Å². The fraction of sp³-hybridized carbons (Fsp3) is 0.391. The molecular weight excluding hydrogens is 360 g/mol. The van der Waals surface area contributed by atoms with Crippen molar-refractivity contribution in [1.82, 2.24) is 15.3 Å². The van der Waals surface area contributed by atoms with Crippen LogP contribution in [0.3, 0.4) is 0 Å². The first-order chi connectivity index (χ1) is 14.1. The highest BCUT2D eigenvalue weighted by Gasteiger charge is 2.22. The van der Waals surface area contributed by atoms with E-state index in [1.165, 1.54) is 5.56 Å². The molecule has 4 rings (SSSR count). The number of nitrogens with one attached hydrogen (secondary N) is 2. The molecule has 29 heavy (non-hydrogen) atoms. The Morgan fingerprint density at radius 2 is 1.62 bits per heavy atom. The number of nitrogens with zero attached hydrogens (tertiary/aromatic N) is 3. The third kappa shape index (κ3) is 4.77. The van der Waals surface area contributed by atoms with E-state index in [-0.39, 0.29) is 0 Å². The van der Waals surface area contributed by atoms with Crippen molar-refractivity contribution in [3.05, 3.63) is 54.1 Å². The first kappa shape index (κ1) is 19.5. The molecule has 1 aromatic heterocycles. The van der Waals surface area contributed by atoms with Gasteiger partial charge in [-0.2, -0.15) is 4.98 Å². The number of hydrogen-bond acceptors (Lipinski definition) is 6. The molecular formula is C23H30N6. The minimum Gasteiger partial charge on any atom is -0.399 e. The van der Waals surface area contributed by atoms with E-state index in [4.69, 9.17) is 15.7 Å². The molecule has 2 aromatic carbocycles. The number of fused-ring (bicyclic) bond motifs is 1. The van der Waals surface area contributed by atoms with Gasteiger partial charge in [0, 0.05) is 43.8 Å². The summed E-state index contributed by atoms with van der Waals surface area (Å²) >= 11 is 0. The molecule has 1 saturated carbocycles. The number of hydrogen-bond donors (Lipinski definition) is 3. The minimum atomic E-state index is 0.417. The van der Waals surface area contributed by atoms with Gasteiger partial charge in [0.15, 0.2) is 0 Å².